The van der Waals surface area contributed by atoms with Crippen molar-refractivity contribution in [2.45, 2.75) is 57.4 Å². The Morgan fingerprint density at radius 2 is 1.50 bits per heavy atom. The zero-order valence-corrected chi connectivity index (χ0v) is 11.2. The quantitative estimate of drug-likeness (QED) is 0.812. The van der Waals surface area contributed by atoms with E-state index in [1.54, 1.807) is 0 Å². The Hall–Kier alpha value is 0.210. The highest BCUT2D eigenvalue weighted by molar-refractivity contribution is 5.85. The Balaban J connectivity index is 0.00000128. The van der Waals surface area contributed by atoms with Gasteiger partial charge in [-0.3, -0.25) is 0 Å². The molecule has 2 N–H and O–H groups in total. The van der Waals surface area contributed by atoms with Crippen LogP contribution in [-0.2, 0) is 0 Å². The van der Waals surface area contributed by atoms with E-state index in [-0.39, 0.29) is 12.4 Å². The summed E-state index contributed by atoms with van der Waals surface area (Å²) in [4.78, 5) is 2.67. The van der Waals surface area contributed by atoms with Gasteiger partial charge in [0.05, 0.1) is 0 Å². The molecule has 2 aliphatic rings. The average molecular weight is 247 g/mol. The topological polar surface area (TPSA) is 29.3 Å². The molecule has 16 heavy (non-hydrogen) atoms. The SMILES string of the molecule is Cl.N[C@@H]1CCCC[C@H]1CN1CCCCCC1. The lowest BCUT2D eigenvalue weighted by Gasteiger charge is -2.33. The van der Waals surface area contributed by atoms with Crippen molar-refractivity contribution in [1.29, 1.82) is 0 Å². The molecule has 1 heterocycles. The number of nitrogens with zero attached hydrogens (tertiary/aromatic N) is 1. The molecule has 0 unspecified atom stereocenters. The summed E-state index contributed by atoms with van der Waals surface area (Å²) in [5.74, 6) is 0.789. The van der Waals surface area contributed by atoms with Gasteiger partial charge in [0.15, 0.2) is 0 Å². The smallest absolute Gasteiger partial charge is 0.00793 e. The number of nitrogens with two attached hydrogens (primary N) is 1. The van der Waals surface area contributed by atoms with Crippen LogP contribution >= 0.6 is 12.4 Å². The van der Waals surface area contributed by atoms with E-state index >= 15 is 0 Å². The van der Waals surface area contributed by atoms with Gasteiger partial charge in [-0.2, -0.15) is 0 Å². The maximum atomic E-state index is 6.21. The molecule has 96 valence electrons. The van der Waals surface area contributed by atoms with Gasteiger partial charge in [-0.05, 0) is 44.7 Å². The average Bonchev–Trinajstić information content (AvgIpc) is 2.50. The molecule has 0 spiro atoms. The van der Waals surface area contributed by atoms with Gasteiger partial charge >= 0.3 is 0 Å². The summed E-state index contributed by atoms with van der Waals surface area (Å²) in [7, 11) is 0. The first-order chi connectivity index (χ1) is 7.36. The van der Waals surface area contributed by atoms with Crippen molar-refractivity contribution in [1.82, 2.24) is 4.90 Å². The van der Waals surface area contributed by atoms with Crippen LogP contribution in [0.4, 0.5) is 0 Å². The van der Waals surface area contributed by atoms with Crippen LogP contribution in [0, 0.1) is 5.92 Å². The van der Waals surface area contributed by atoms with Crippen LogP contribution in [0.1, 0.15) is 51.4 Å². The second kappa shape index (κ2) is 7.52. The third-order valence-electron chi connectivity index (χ3n) is 4.16. The molecule has 1 saturated heterocycles. The summed E-state index contributed by atoms with van der Waals surface area (Å²) in [6, 6.07) is 0.488. The van der Waals surface area contributed by atoms with Crippen LogP contribution in [0.15, 0.2) is 0 Å². The molecule has 0 aromatic carbocycles. The molecule has 2 atom stereocenters. The number of halogens is 1. The minimum Gasteiger partial charge on any atom is -0.327 e. The molecule has 2 nitrogen and oxygen atoms in total. The minimum atomic E-state index is 0. The third kappa shape index (κ3) is 4.23. The first kappa shape index (κ1) is 14.3. The lowest BCUT2D eigenvalue weighted by molar-refractivity contribution is 0.189. The summed E-state index contributed by atoms with van der Waals surface area (Å²) < 4.78 is 0. The van der Waals surface area contributed by atoms with Gasteiger partial charge in [0.2, 0.25) is 0 Å². The van der Waals surface area contributed by atoms with E-state index in [1.807, 2.05) is 0 Å². The maximum Gasteiger partial charge on any atom is 0.00793 e. The second-order valence-electron chi connectivity index (χ2n) is 5.42. The first-order valence-electron chi connectivity index (χ1n) is 6.84. The Kier molecular flexibility index (Phi) is 6.71. The van der Waals surface area contributed by atoms with Crippen molar-refractivity contribution < 1.29 is 0 Å². The summed E-state index contributed by atoms with van der Waals surface area (Å²) in [6.45, 7) is 3.92. The lowest BCUT2D eigenvalue weighted by atomic mass is 9.84. The number of likely N-dealkylation sites (tertiary alicyclic amines) is 1. The Bertz CT molecular complexity index is 179. The Labute approximate surface area is 106 Å². The highest BCUT2D eigenvalue weighted by atomic mass is 35.5. The van der Waals surface area contributed by atoms with Gasteiger partial charge in [0, 0.05) is 12.6 Å². The summed E-state index contributed by atoms with van der Waals surface area (Å²) >= 11 is 0. The van der Waals surface area contributed by atoms with Crippen LogP contribution in [0.2, 0.25) is 0 Å². The normalized spacial score (nSPS) is 32.8. The molecule has 2 fully saturated rings. The zero-order valence-electron chi connectivity index (χ0n) is 10.4. The van der Waals surface area contributed by atoms with Gasteiger partial charge in [0.1, 0.15) is 0 Å². The van der Waals surface area contributed by atoms with E-state index in [1.165, 1.54) is 71.0 Å². The van der Waals surface area contributed by atoms with Crippen molar-refractivity contribution in [3.05, 3.63) is 0 Å². The van der Waals surface area contributed by atoms with Crippen LogP contribution in [0.5, 0.6) is 0 Å². The van der Waals surface area contributed by atoms with Gasteiger partial charge in [0.25, 0.3) is 0 Å². The summed E-state index contributed by atoms with van der Waals surface area (Å²) in [5, 5.41) is 0. The molecular weight excluding hydrogens is 220 g/mol. The molecule has 3 heteroatoms. The largest absolute Gasteiger partial charge is 0.327 e. The minimum absolute atomic E-state index is 0. The van der Waals surface area contributed by atoms with E-state index in [0.717, 1.165) is 5.92 Å². The van der Waals surface area contributed by atoms with Gasteiger partial charge < -0.3 is 10.6 Å². The molecule has 0 amide bonds. The molecule has 1 aliphatic heterocycles. The first-order valence-corrected chi connectivity index (χ1v) is 6.84. The monoisotopic (exact) mass is 246 g/mol. The fraction of sp³-hybridized carbons (Fsp3) is 1.00. The molecule has 0 aromatic rings. The molecule has 0 radical (unpaired) electrons. The fourth-order valence-corrected chi connectivity index (χ4v) is 3.11. The number of rotatable bonds is 2. The molecular formula is C13H27ClN2. The molecule has 2 rings (SSSR count). The van der Waals surface area contributed by atoms with Crippen molar-refractivity contribution in [3.63, 3.8) is 0 Å². The fourth-order valence-electron chi connectivity index (χ4n) is 3.11. The van der Waals surface area contributed by atoms with Gasteiger partial charge in [-0.1, -0.05) is 25.7 Å². The highest BCUT2D eigenvalue weighted by Crippen LogP contribution is 2.24. The highest BCUT2D eigenvalue weighted by Gasteiger charge is 2.24. The molecule has 1 saturated carbocycles. The Morgan fingerprint density at radius 1 is 0.875 bits per heavy atom. The lowest BCUT2D eigenvalue weighted by Crippen LogP contribution is -2.41. The van der Waals surface area contributed by atoms with Crippen LogP contribution in [-0.4, -0.2) is 30.6 Å². The maximum absolute atomic E-state index is 6.21. The van der Waals surface area contributed by atoms with Crippen LogP contribution in [0.3, 0.4) is 0 Å². The predicted molar refractivity (Wildman–Crippen MR) is 72.1 cm³/mol. The summed E-state index contributed by atoms with van der Waals surface area (Å²) in [6.07, 6.45) is 11.1. The van der Waals surface area contributed by atoms with Crippen LogP contribution < -0.4 is 5.73 Å². The summed E-state index contributed by atoms with van der Waals surface area (Å²) in [5.41, 5.74) is 6.21. The van der Waals surface area contributed by atoms with Crippen LogP contribution in [0.25, 0.3) is 0 Å². The van der Waals surface area contributed by atoms with Gasteiger partial charge in [-0.15, -0.1) is 12.4 Å². The van der Waals surface area contributed by atoms with E-state index in [2.05, 4.69) is 4.90 Å². The predicted octanol–water partition coefficient (Wildman–Crippen LogP) is 2.80. The van der Waals surface area contributed by atoms with E-state index in [9.17, 15) is 0 Å². The van der Waals surface area contributed by atoms with Gasteiger partial charge in [-0.25, -0.2) is 0 Å². The zero-order chi connectivity index (χ0) is 10.5. The third-order valence-corrected chi connectivity index (χ3v) is 4.16. The van der Waals surface area contributed by atoms with Crippen molar-refractivity contribution >= 4 is 12.4 Å². The molecule has 0 bridgehead atoms. The van der Waals surface area contributed by atoms with Crippen molar-refractivity contribution in [2.75, 3.05) is 19.6 Å². The Morgan fingerprint density at radius 3 is 2.12 bits per heavy atom. The second-order valence-corrected chi connectivity index (χ2v) is 5.42. The van der Waals surface area contributed by atoms with Crippen molar-refractivity contribution in [3.8, 4) is 0 Å². The number of hydrogen-bond acceptors (Lipinski definition) is 2. The van der Waals surface area contributed by atoms with Crippen molar-refractivity contribution in [2.24, 2.45) is 11.7 Å². The molecule has 0 aromatic heterocycles. The van der Waals surface area contributed by atoms with E-state index < -0.39 is 0 Å². The van der Waals surface area contributed by atoms with E-state index in [0.29, 0.717) is 6.04 Å². The molecule has 1 aliphatic carbocycles. The number of hydrogen-bond donors (Lipinski definition) is 1. The standard InChI is InChI=1S/C13H26N2.ClH/c14-13-8-4-3-7-12(13)11-15-9-5-1-2-6-10-15;/h12-13H,1-11,14H2;1H/t12-,13+;/m0./s1. The van der Waals surface area contributed by atoms with E-state index in [4.69, 9.17) is 5.73 Å².